The first kappa shape index (κ1) is 26.2. The summed E-state index contributed by atoms with van der Waals surface area (Å²) in [5.41, 5.74) is 8.16. The van der Waals surface area contributed by atoms with Gasteiger partial charge in [0.2, 0.25) is 5.96 Å². The second kappa shape index (κ2) is 12.8. The molecule has 0 aliphatic heterocycles. The largest absolute Gasteiger partial charge is 0.495 e. The van der Waals surface area contributed by atoms with Gasteiger partial charge < -0.3 is 24.5 Å². The van der Waals surface area contributed by atoms with Gasteiger partial charge in [0, 0.05) is 25.6 Å². The number of benzene rings is 2. The van der Waals surface area contributed by atoms with Crippen LogP contribution < -0.4 is 24.8 Å². The number of aliphatic carboxylic acids is 1. The molecule has 5 N–H and O–H groups in total. The van der Waals surface area contributed by atoms with Gasteiger partial charge in [-0.25, -0.2) is 5.43 Å². The number of rotatable bonds is 9. The first-order chi connectivity index (χ1) is 15.0. The maximum absolute atomic E-state index is 12.6. The molecule has 0 saturated carbocycles. The van der Waals surface area contributed by atoms with Gasteiger partial charge in [-0.15, -0.1) is 0 Å². The van der Waals surface area contributed by atoms with E-state index < -0.39 is 16.1 Å². The standard InChI is InChI=1S/C18H22N4O5S.C2H4O2/c1-13-10-14(26-9-5-8-21-22-18(19)20)12-15(11-13)27-28(23,24)17-7-4-3-6-16(17)25-2;1-2(3)4/h3-4,6-8,10-12H,5,9H2,1-2H3,(H4,19,20,22);1H3,(H,3,4)/b21-8-;. The van der Waals surface area contributed by atoms with Crippen molar-refractivity contribution in [3.63, 3.8) is 0 Å². The van der Waals surface area contributed by atoms with Crippen LogP contribution in [-0.2, 0) is 14.9 Å². The average Bonchev–Trinajstić information content (AvgIpc) is 2.69. The third-order valence-electron chi connectivity index (χ3n) is 3.36. The molecule has 0 aliphatic rings. The van der Waals surface area contributed by atoms with Crippen LogP contribution in [-0.4, -0.2) is 45.4 Å². The summed E-state index contributed by atoms with van der Waals surface area (Å²) in [7, 11) is -2.68. The van der Waals surface area contributed by atoms with Crippen molar-refractivity contribution in [2.24, 2.45) is 10.8 Å². The summed E-state index contributed by atoms with van der Waals surface area (Å²) in [6, 6.07) is 11.1. The van der Waals surface area contributed by atoms with E-state index in [1.54, 1.807) is 37.3 Å². The van der Waals surface area contributed by atoms with Crippen LogP contribution in [0.4, 0.5) is 0 Å². The lowest BCUT2D eigenvalue weighted by molar-refractivity contribution is -0.134. The molecule has 2 aromatic carbocycles. The molecule has 12 heteroatoms. The number of methoxy groups -OCH3 is 1. The molecule has 0 aliphatic carbocycles. The second-order valence-corrected chi connectivity index (χ2v) is 7.68. The smallest absolute Gasteiger partial charge is 0.342 e. The van der Waals surface area contributed by atoms with E-state index in [2.05, 4.69) is 10.5 Å². The molecule has 2 aromatic rings. The van der Waals surface area contributed by atoms with Crippen LogP contribution in [0, 0.1) is 12.3 Å². The maximum Gasteiger partial charge on any atom is 0.342 e. The third-order valence-corrected chi connectivity index (χ3v) is 4.65. The summed E-state index contributed by atoms with van der Waals surface area (Å²) < 4.78 is 41.1. The zero-order valence-corrected chi connectivity index (χ0v) is 18.7. The molecule has 0 amide bonds. The van der Waals surface area contributed by atoms with Crippen molar-refractivity contribution < 1.29 is 32.0 Å². The average molecular weight is 467 g/mol. The fourth-order valence-corrected chi connectivity index (χ4v) is 3.33. The summed E-state index contributed by atoms with van der Waals surface area (Å²) in [4.78, 5) is 8.94. The van der Waals surface area contributed by atoms with Gasteiger partial charge in [-0.1, -0.05) is 12.1 Å². The topological polar surface area (TPSA) is 173 Å². The number of carboxylic acid groups (broad SMARTS) is 1. The molecule has 0 spiro atoms. The predicted molar refractivity (Wildman–Crippen MR) is 119 cm³/mol. The fraction of sp³-hybridized carbons (Fsp3) is 0.250. The number of hydrazone groups is 1. The quantitative estimate of drug-likeness (QED) is 0.142. The van der Waals surface area contributed by atoms with Crippen LogP contribution in [0.15, 0.2) is 52.5 Å². The number of hydrogen-bond acceptors (Lipinski definition) is 8. The van der Waals surface area contributed by atoms with E-state index in [1.165, 1.54) is 25.5 Å². The SMILES string of the molecule is CC(=O)O.COc1ccccc1S(=O)(=O)Oc1cc(C)cc(OCC/C=N\NC(=N)N)c1. The highest BCUT2D eigenvalue weighted by atomic mass is 32.2. The van der Waals surface area contributed by atoms with Crippen LogP contribution >= 0.6 is 0 Å². The highest BCUT2D eigenvalue weighted by Crippen LogP contribution is 2.29. The minimum absolute atomic E-state index is 0.0596. The molecule has 0 radical (unpaired) electrons. The molecule has 0 saturated heterocycles. The van der Waals surface area contributed by atoms with Crippen LogP contribution in [0.3, 0.4) is 0 Å². The van der Waals surface area contributed by atoms with Crippen LogP contribution in [0.25, 0.3) is 0 Å². The van der Waals surface area contributed by atoms with E-state index in [0.29, 0.717) is 18.8 Å². The molecule has 0 aromatic heterocycles. The Morgan fingerprint density at radius 3 is 2.50 bits per heavy atom. The first-order valence-electron chi connectivity index (χ1n) is 9.18. The Bertz CT molecular complexity index is 1050. The lowest BCUT2D eigenvalue weighted by Crippen LogP contribution is -2.25. The van der Waals surface area contributed by atoms with Crippen molar-refractivity contribution >= 4 is 28.3 Å². The van der Waals surface area contributed by atoms with E-state index in [0.717, 1.165) is 12.5 Å². The third kappa shape index (κ3) is 9.80. The van der Waals surface area contributed by atoms with Crippen molar-refractivity contribution in [2.45, 2.75) is 25.2 Å². The summed E-state index contributed by atoms with van der Waals surface area (Å²) >= 11 is 0. The van der Waals surface area contributed by atoms with E-state index in [9.17, 15) is 8.42 Å². The number of aryl methyl sites for hydroxylation is 1. The molecule has 0 bridgehead atoms. The van der Waals surface area contributed by atoms with Crippen molar-refractivity contribution in [3.8, 4) is 17.2 Å². The number of hydrogen-bond donors (Lipinski definition) is 4. The molecule has 32 heavy (non-hydrogen) atoms. The summed E-state index contributed by atoms with van der Waals surface area (Å²) in [6.45, 7) is 3.18. The van der Waals surface area contributed by atoms with Crippen molar-refractivity contribution in [3.05, 3.63) is 48.0 Å². The lowest BCUT2D eigenvalue weighted by Gasteiger charge is -2.12. The Morgan fingerprint density at radius 1 is 1.25 bits per heavy atom. The Labute approximate surface area is 186 Å². The molecule has 0 heterocycles. The molecular weight excluding hydrogens is 440 g/mol. The summed E-state index contributed by atoms with van der Waals surface area (Å²) in [5, 5.41) is 18.1. The zero-order valence-electron chi connectivity index (χ0n) is 17.9. The van der Waals surface area contributed by atoms with E-state index in [4.69, 9.17) is 34.7 Å². The number of carbonyl (C=O) groups is 1. The van der Waals surface area contributed by atoms with Crippen molar-refractivity contribution in [1.29, 1.82) is 5.41 Å². The summed E-state index contributed by atoms with van der Waals surface area (Å²) in [6.07, 6.45) is 1.98. The van der Waals surface area contributed by atoms with Crippen LogP contribution in [0.1, 0.15) is 18.9 Å². The minimum Gasteiger partial charge on any atom is -0.495 e. The van der Waals surface area contributed by atoms with Gasteiger partial charge >= 0.3 is 10.1 Å². The normalized spacial score (nSPS) is 10.6. The van der Waals surface area contributed by atoms with E-state index >= 15 is 0 Å². The Balaban J connectivity index is 0.00000118. The number of nitrogens with two attached hydrogens (primary N) is 1. The Kier molecular flexibility index (Phi) is 10.5. The van der Waals surface area contributed by atoms with Crippen molar-refractivity contribution in [2.75, 3.05) is 13.7 Å². The van der Waals surface area contributed by atoms with Gasteiger partial charge in [0.1, 0.15) is 22.1 Å². The fourth-order valence-electron chi connectivity index (χ4n) is 2.25. The molecule has 0 unspecified atom stereocenters. The van der Waals surface area contributed by atoms with Gasteiger partial charge in [0.25, 0.3) is 5.97 Å². The minimum atomic E-state index is -4.07. The van der Waals surface area contributed by atoms with Gasteiger partial charge in [0.15, 0.2) is 0 Å². The Morgan fingerprint density at radius 2 is 1.88 bits per heavy atom. The number of carboxylic acids is 1. The predicted octanol–water partition coefficient (Wildman–Crippen LogP) is 2.10. The molecule has 11 nitrogen and oxygen atoms in total. The molecule has 0 atom stereocenters. The second-order valence-electron chi connectivity index (χ2n) is 6.16. The van der Waals surface area contributed by atoms with Gasteiger partial charge in [-0.2, -0.15) is 13.5 Å². The number of nitrogens with zero attached hydrogens (tertiary/aromatic N) is 1. The van der Waals surface area contributed by atoms with Gasteiger partial charge in [0.05, 0.1) is 13.7 Å². The van der Waals surface area contributed by atoms with Crippen LogP contribution in [0.2, 0.25) is 0 Å². The number of ether oxygens (including phenoxy) is 2. The monoisotopic (exact) mass is 466 g/mol. The van der Waals surface area contributed by atoms with Gasteiger partial charge in [-0.3, -0.25) is 10.2 Å². The van der Waals surface area contributed by atoms with E-state index in [1.807, 2.05) is 0 Å². The highest BCUT2D eigenvalue weighted by molar-refractivity contribution is 7.87. The molecule has 0 fully saturated rings. The highest BCUT2D eigenvalue weighted by Gasteiger charge is 2.21. The van der Waals surface area contributed by atoms with E-state index in [-0.39, 0.29) is 22.4 Å². The molecule has 2 rings (SSSR count). The number of nitrogens with one attached hydrogen (secondary N) is 2. The zero-order chi connectivity index (χ0) is 24.1. The van der Waals surface area contributed by atoms with Gasteiger partial charge in [-0.05, 0) is 36.8 Å². The number of para-hydroxylation sites is 1. The van der Waals surface area contributed by atoms with Crippen molar-refractivity contribution in [1.82, 2.24) is 5.43 Å². The number of guanidine groups is 1. The maximum atomic E-state index is 12.6. The van der Waals surface area contributed by atoms with Crippen LogP contribution in [0.5, 0.6) is 17.2 Å². The first-order valence-corrected chi connectivity index (χ1v) is 10.6. The molecule has 174 valence electrons. The lowest BCUT2D eigenvalue weighted by atomic mass is 10.2. The summed E-state index contributed by atoms with van der Waals surface area (Å²) in [5.74, 6) is -0.301. The molecular formula is C20H26N4O7S. The Hall–Kier alpha value is -3.80.